The second kappa shape index (κ2) is 6.52. The maximum absolute atomic E-state index is 11.1. The summed E-state index contributed by atoms with van der Waals surface area (Å²) in [7, 11) is 0. The average molecular weight is 298 g/mol. The maximum Gasteiger partial charge on any atom is 0.275 e. The predicted octanol–water partition coefficient (Wildman–Crippen LogP) is 2.81. The fraction of sp³-hybridized carbons (Fsp3) is 0.571. The molecule has 0 aromatic heterocycles. The highest BCUT2D eigenvalue weighted by atomic mass is 35.5. The van der Waals surface area contributed by atoms with Crippen LogP contribution in [0.25, 0.3) is 0 Å². The molecule has 1 aromatic carbocycles. The molecule has 2 atom stereocenters. The van der Waals surface area contributed by atoms with Crippen LogP contribution < -0.4 is 5.73 Å². The van der Waals surface area contributed by atoms with Crippen molar-refractivity contribution in [3.63, 3.8) is 0 Å². The van der Waals surface area contributed by atoms with E-state index in [1.54, 1.807) is 12.1 Å². The minimum Gasteiger partial charge on any atom is -0.327 e. The monoisotopic (exact) mass is 297 g/mol. The van der Waals surface area contributed by atoms with E-state index in [4.69, 9.17) is 17.3 Å². The second-order valence-corrected chi connectivity index (χ2v) is 5.82. The first-order valence-electron chi connectivity index (χ1n) is 6.92. The van der Waals surface area contributed by atoms with E-state index in [1.165, 1.54) is 6.07 Å². The molecule has 1 aliphatic heterocycles. The molecular formula is C14H20ClN3O2. The van der Waals surface area contributed by atoms with Gasteiger partial charge in [-0.05, 0) is 31.0 Å². The van der Waals surface area contributed by atoms with Gasteiger partial charge >= 0.3 is 0 Å². The van der Waals surface area contributed by atoms with Crippen molar-refractivity contribution < 1.29 is 4.92 Å². The van der Waals surface area contributed by atoms with Crippen LogP contribution in [0, 0.1) is 16.0 Å². The first-order chi connectivity index (χ1) is 9.51. The largest absolute Gasteiger partial charge is 0.327 e. The molecule has 2 rings (SSSR count). The quantitative estimate of drug-likeness (QED) is 0.685. The lowest BCUT2D eigenvalue weighted by molar-refractivity contribution is -0.385. The Bertz CT molecular complexity index is 495. The topological polar surface area (TPSA) is 72.4 Å². The van der Waals surface area contributed by atoms with Gasteiger partial charge in [0.15, 0.2) is 0 Å². The number of rotatable bonds is 4. The molecule has 110 valence electrons. The molecule has 20 heavy (non-hydrogen) atoms. The molecule has 5 nitrogen and oxygen atoms in total. The number of nitro groups is 1. The van der Waals surface area contributed by atoms with Crippen LogP contribution in [0.5, 0.6) is 0 Å². The van der Waals surface area contributed by atoms with Crippen molar-refractivity contribution in [3.8, 4) is 0 Å². The van der Waals surface area contributed by atoms with E-state index < -0.39 is 0 Å². The molecule has 0 bridgehead atoms. The number of benzene rings is 1. The van der Waals surface area contributed by atoms with Gasteiger partial charge in [0.2, 0.25) is 0 Å². The Morgan fingerprint density at radius 3 is 2.95 bits per heavy atom. The number of hydrogen-bond donors (Lipinski definition) is 1. The van der Waals surface area contributed by atoms with Crippen LogP contribution in [0.1, 0.15) is 25.3 Å². The lowest BCUT2D eigenvalue weighted by atomic mass is 9.90. The van der Waals surface area contributed by atoms with Crippen molar-refractivity contribution in [1.29, 1.82) is 0 Å². The fourth-order valence-electron chi connectivity index (χ4n) is 2.78. The Balaban J connectivity index is 2.12. The van der Waals surface area contributed by atoms with E-state index in [1.807, 2.05) is 0 Å². The summed E-state index contributed by atoms with van der Waals surface area (Å²) < 4.78 is 0. The number of halogens is 1. The zero-order chi connectivity index (χ0) is 14.7. The van der Waals surface area contributed by atoms with Gasteiger partial charge in [-0.25, -0.2) is 0 Å². The van der Waals surface area contributed by atoms with E-state index >= 15 is 0 Å². The normalized spacial score (nSPS) is 23.8. The molecule has 0 amide bonds. The van der Waals surface area contributed by atoms with Crippen LogP contribution in [-0.2, 0) is 6.54 Å². The van der Waals surface area contributed by atoms with Gasteiger partial charge in [-0.3, -0.25) is 15.0 Å². The van der Waals surface area contributed by atoms with Crippen LogP contribution in [0.2, 0.25) is 5.02 Å². The number of hydrogen-bond acceptors (Lipinski definition) is 4. The summed E-state index contributed by atoms with van der Waals surface area (Å²) in [6, 6.07) is 5.12. The van der Waals surface area contributed by atoms with Crippen molar-refractivity contribution in [3.05, 3.63) is 38.9 Å². The van der Waals surface area contributed by atoms with Crippen molar-refractivity contribution in [2.75, 3.05) is 13.1 Å². The molecule has 0 spiro atoms. The van der Waals surface area contributed by atoms with E-state index in [0.29, 0.717) is 23.0 Å². The molecule has 1 fully saturated rings. The summed E-state index contributed by atoms with van der Waals surface area (Å²) in [5.74, 6) is 0.468. The Morgan fingerprint density at radius 2 is 2.30 bits per heavy atom. The SMILES string of the molecule is CCC1CN(Cc2ccc(Cl)cc2[N+](=O)[O-])CCC1N. The standard InChI is InChI=1S/C14H20ClN3O2/c1-2-10-8-17(6-5-13(10)16)9-11-3-4-12(15)7-14(11)18(19)20/h3-4,7,10,13H,2,5-6,8-9,16H2,1H3. The van der Waals surface area contributed by atoms with Gasteiger partial charge in [0.1, 0.15) is 0 Å². The Labute approximate surface area is 123 Å². The summed E-state index contributed by atoms with van der Waals surface area (Å²) >= 11 is 5.83. The third kappa shape index (κ3) is 3.48. The smallest absolute Gasteiger partial charge is 0.275 e. The number of nitro benzene ring substituents is 1. The molecule has 6 heteroatoms. The van der Waals surface area contributed by atoms with Gasteiger partial charge < -0.3 is 5.73 Å². The van der Waals surface area contributed by atoms with Crippen molar-refractivity contribution >= 4 is 17.3 Å². The summed E-state index contributed by atoms with van der Waals surface area (Å²) in [6.07, 6.45) is 1.99. The highest BCUT2D eigenvalue weighted by Gasteiger charge is 2.26. The van der Waals surface area contributed by atoms with Gasteiger partial charge in [-0.2, -0.15) is 0 Å². The minimum atomic E-state index is -0.367. The first kappa shape index (κ1) is 15.2. The van der Waals surface area contributed by atoms with Crippen LogP contribution in [-0.4, -0.2) is 29.0 Å². The summed E-state index contributed by atoms with van der Waals surface area (Å²) in [4.78, 5) is 13.0. The minimum absolute atomic E-state index is 0.0976. The van der Waals surface area contributed by atoms with Crippen LogP contribution in [0.3, 0.4) is 0 Å². The second-order valence-electron chi connectivity index (χ2n) is 5.39. The van der Waals surface area contributed by atoms with E-state index in [-0.39, 0.29) is 16.7 Å². The molecule has 1 aromatic rings. The van der Waals surface area contributed by atoms with Gasteiger partial charge in [-0.1, -0.05) is 24.9 Å². The van der Waals surface area contributed by atoms with Gasteiger partial charge in [0.25, 0.3) is 5.69 Å². The molecule has 0 saturated carbocycles. The molecule has 2 unspecified atom stereocenters. The molecule has 1 saturated heterocycles. The molecule has 0 radical (unpaired) electrons. The Kier molecular flexibility index (Phi) is 4.96. The van der Waals surface area contributed by atoms with Gasteiger partial charge in [0.05, 0.1) is 4.92 Å². The first-order valence-corrected chi connectivity index (χ1v) is 7.29. The number of piperidine rings is 1. The van der Waals surface area contributed by atoms with E-state index in [9.17, 15) is 10.1 Å². The zero-order valence-corrected chi connectivity index (χ0v) is 12.3. The third-order valence-corrected chi connectivity index (χ3v) is 4.27. The average Bonchev–Trinajstić information content (AvgIpc) is 2.42. The number of likely N-dealkylation sites (tertiary alicyclic amines) is 1. The fourth-order valence-corrected chi connectivity index (χ4v) is 2.95. The highest BCUT2D eigenvalue weighted by Crippen LogP contribution is 2.26. The summed E-state index contributed by atoms with van der Waals surface area (Å²) in [5, 5.41) is 11.5. The Hall–Kier alpha value is -1.17. The van der Waals surface area contributed by atoms with E-state index in [2.05, 4.69) is 11.8 Å². The molecule has 2 N–H and O–H groups in total. The number of nitrogens with zero attached hydrogens (tertiary/aromatic N) is 2. The molecule has 0 aliphatic carbocycles. The lowest BCUT2D eigenvalue weighted by Gasteiger charge is -2.36. The summed E-state index contributed by atoms with van der Waals surface area (Å²) in [5.41, 5.74) is 6.90. The van der Waals surface area contributed by atoms with Crippen LogP contribution in [0.4, 0.5) is 5.69 Å². The molecule has 1 aliphatic rings. The highest BCUT2D eigenvalue weighted by molar-refractivity contribution is 6.30. The zero-order valence-electron chi connectivity index (χ0n) is 11.6. The van der Waals surface area contributed by atoms with Crippen LogP contribution >= 0.6 is 11.6 Å². The Morgan fingerprint density at radius 1 is 1.55 bits per heavy atom. The predicted molar refractivity (Wildman–Crippen MR) is 79.8 cm³/mol. The summed E-state index contributed by atoms with van der Waals surface area (Å²) in [6.45, 7) is 4.50. The maximum atomic E-state index is 11.1. The van der Waals surface area contributed by atoms with E-state index in [0.717, 1.165) is 25.9 Å². The van der Waals surface area contributed by atoms with Gasteiger partial charge in [0, 0.05) is 35.8 Å². The molecular weight excluding hydrogens is 278 g/mol. The van der Waals surface area contributed by atoms with Crippen molar-refractivity contribution in [1.82, 2.24) is 4.90 Å². The van der Waals surface area contributed by atoms with Crippen molar-refractivity contribution in [2.24, 2.45) is 11.7 Å². The third-order valence-electron chi connectivity index (χ3n) is 4.04. The molecule has 1 heterocycles. The van der Waals surface area contributed by atoms with Crippen LogP contribution in [0.15, 0.2) is 18.2 Å². The lowest BCUT2D eigenvalue weighted by Crippen LogP contribution is -2.46. The van der Waals surface area contributed by atoms with Crippen molar-refractivity contribution in [2.45, 2.75) is 32.4 Å². The van der Waals surface area contributed by atoms with Gasteiger partial charge in [-0.15, -0.1) is 0 Å². The number of nitrogens with two attached hydrogens (primary N) is 1.